The molecule has 0 fully saturated rings. The lowest BCUT2D eigenvalue weighted by atomic mass is 10.1. The van der Waals surface area contributed by atoms with Crippen LogP contribution in [0.4, 0.5) is 5.69 Å². The van der Waals surface area contributed by atoms with Gasteiger partial charge < -0.3 is 4.90 Å². The zero-order valence-corrected chi connectivity index (χ0v) is 10.1. The SMILES string of the molecule is CSCC(=O)c1ccc2c(c1)CC(=O)N2C. The highest BCUT2D eigenvalue weighted by molar-refractivity contribution is 7.99. The van der Waals surface area contributed by atoms with Crippen LogP contribution in [0.15, 0.2) is 18.2 Å². The van der Waals surface area contributed by atoms with E-state index in [1.165, 1.54) is 11.8 Å². The normalized spacial score (nSPS) is 14.1. The Morgan fingerprint density at radius 1 is 1.50 bits per heavy atom. The minimum atomic E-state index is 0.0875. The molecule has 0 saturated heterocycles. The van der Waals surface area contributed by atoms with E-state index in [1.807, 2.05) is 18.4 Å². The molecular formula is C12H13NO2S. The first-order valence-electron chi connectivity index (χ1n) is 5.05. The van der Waals surface area contributed by atoms with E-state index >= 15 is 0 Å². The van der Waals surface area contributed by atoms with Crippen molar-refractivity contribution in [2.75, 3.05) is 24.0 Å². The largest absolute Gasteiger partial charge is 0.315 e. The third-order valence-corrected chi connectivity index (χ3v) is 3.30. The fourth-order valence-corrected chi connectivity index (χ4v) is 2.29. The molecule has 1 heterocycles. The zero-order valence-electron chi connectivity index (χ0n) is 9.32. The van der Waals surface area contributed by atoms with Crippen molar-refractivity contribution in [3.63, 3.8) is 0 Å². The van der Waals surface area contributed by atoms with Crippen LogP contribution in [0.5, 0.6) is 0 Å². The molecular weight excluding hydrogens is 222 g/mol. The molecule has 0 saturated carbocycles. The van der Waals surface area contributed by atoms with Gasteiger partial charge in [-0.15, -0.1) is 0 Å². The van der Waals surface area contributed by atoms with Gasteiger partial charge in [0, 0.05) is 18.3 Å². The Labute approximate surface area is 98.8 Å². The van der Waals surface area contributed by atoms with Crippen LogP contribution >= 0.6 is 11.8 Å². The topological polar surface area (TPSA) is 37.4 Å². The van der Waals surface area contributed by atoms with Crippen LogP contribution in [0.3, 0.4) is 0 Å². The van der Waals surface area contributed by atoms with Gasteiger partial charge in [-0.3, -0.25) is 9.59 Å². The third kappa shape index (κ3) is 1.85. The van der Waals surface area contributed by atoms with Crippen molar-refractivity contribution in [3.8, 4) is 0 Å². The number of likely N-dealkylation sites (N-methyl/N-ethyl adjacent to an activating group) is 1. The molecule has 1 aromatic rings. The smallest absolute Gasteiger partial charge is 0.231 e. The van der Waals surface area contributed by atoms with Crippen LogP contribution in [0, 0.1) is 0 Å². The van der Waals surface area contributed by atoms with Gasteiger partial charge in [-0.1, -0.05) is 0 Å². The van der Waals surface area contributed by atoms with Crippen LogP contribution in [0.25, 0.3) is 0 Å². The predicted octanol–water partition coefficient (Wildman–Crippen LogP) is 1.75. The molecule has 0 aromatic heterocycles. The molecule has 16 heavy (non-hydrogen) atoms. The van der Waals surface area contributed by atoms with Crippen molar-refractivity contribution >= 4 is 29.1 Å². The fraction of sp³-hybridized carbons (Fsp3) is 0.333. The zero-order chi connectivity index (χ0) is 11.7. The van der Waals surface area contributed by atoms with Gasteiger partial charge in [-0.05, 0) is 30.0 Å². The molecule has 1 amide bonds. The summed E-state index contributed by atoms with van der Waals surface area (Å²) in [7, 11) is 1.76. The molecule has 0 unspecified atom stereocenters. The predicted molar refractivity (Wildman–Crippen MR) is 66.3 cm³/mol. The van der Waals surface area contributed by atoms with Gasteiger partial charge in [0.05, 0.1) is 12.2 Å². The van der Waals surface area contributed by atoms with Gasteiger partial charge in [0.25, 0.3) is 0 Å². The molecule has 1 aromatic carbocycles. The van der Waals surface area contributed by atoms with Crippen LogP contribution in [-0.4, -0.2) is 30.7 Å². The van der Waals surface area contributed by atoms with E-state index in [0.717, 1.165) is 11.3 Å². The number of Topliss-reactive ketones (excluding diaryl/α,β-unsaturated/α-hetero) is 1. The number of hydrogen-bond donors (Lipinski definition) is 0. The molecule has 2 rings (SSSR count). The third-order valence-electron chi connectivity index (χ3n) is 2.75. The number of benzene rings is 1. The standard InChI is InChI=1S/C12H13NO2S/c1-13-10-4-3-8(11(14)7-16-2)5-9(10)6-12(13)15/h3-5H,6-7H2,1-2H3. The maximum absolute atomic E-state index is 11.7. The molecule has 0 radical (unpaired) electrons. The summed E-state index contributed by atoms with van der Waals surface area (Å²) in [5.41, 5.74) is 2.58. The Hall–Kier alpha value is -1.29. The number of rotatable bonds is 3. The summed E-state index contributed by atoms with van der Waals surface area (Å²) < 4.78 is 0. The molecule has 0 aliphatic carbocycles. The first-order valence-corrected chi connectivity index (χ1v) is 6.44. The van der Waals surface area contributed by atoms with Crippen molar-refractivity contribution in [1.82, 2.24) is 0 Å². The second-order valence-electron chi connectivity index (χ2n) is 3.83. The van der Waals surface area contributed by atoms with Crippen molar-refractivity contribution in [2.24, 2.45) is 0 Å². The van der Waals surface area contributed by atoms with E-state index in [0.29, 0.717) is 17.7 Å². The number of carbonyl (C=O) groups excluding carboxylic acids is 2. The minimum absolute atomic E-state index is 0.0875. The summed E-state index contributed by atoms with van der Waals surface area (Å²) in [6, 6.07) is 5.50. The highest BCUT2D eigenvalue weighted by Gasteiger charge is 2.24. The molecule has 0 spiro atoms. The molecule has 1 aliphatic rings. The van der Waals surface area contributed by atoms with Gasteiger partial charge in [-0.2, -0.15) is 11.8 Å². The Kier molecular flexibility index (Phi) is 3.01. The van der Waals surface area contributed by atoms with Crippen LogP contribution in [-0.2, 0) is 11.2 Å². The highest BCUT2D eigenvalue weighted by Crippen LogP contribution is 2.28. The van der Waals surface area contributed by atoms with Gasteiger partial charge in [0.1, 0.15) is 0 Å². The Balaban J connectivity index is 2.32. The second kappa shape index (κ2) is 4.29. The van der Waals surface area contributed by atoms with Crippen LogP contribution in [0.1, 0.15) is 15.9 Å². The summed E-state index contributed by atoms with van der Waals surface area (Å²) in [6.07, 6.45) is 2.31. The quantitative estimate of drug-likeness (QED) is 0.749. The number of anilines is 1. The van der Waals surface area contributed by atoms with Crippen molar-refractivity contribution in [2.45, 2.75) is 6.42 Å². The van der Waals surface area contributed by atoms with E-state index in [9.17, 15) is 9.59 Å². The van der Waals surface area contributed by atoms with Gasteiger partial charge in [0.2, 0.25) is 5.91 Å². The number of nitrogens with zero attached hydrogens (tertiary/aromatic N) is 1. The molecule has 0 bridgehead atoms. The molecule has 1 aliphatic heterocycles. The van der Waals surface area contributed by atoms with E-state index in [1.54, 1.807) is 18.0 Å². The van der Waals surface area contributed by atoms with Gasteiger partial charge >= 0.3 is 0 Å². The number of amides is 1. The average Bonchev–Trinajstić information content (AvgIpc) is 2.55. The Bertz CT molecular complexity index is 456. The minimum Gasteiger partial charge on any atom is -0.315 e. The summed E-state index contributed by atoms with van der Waals surface area (Å²) in [6.45, 7) is 0. The number of ketones is 1. The van der Waals surface area contributed by atoms with E-state index in [-0.39, 0.29) is 11.7 Å². The van der Waals surface area contributed by atoms with Crippen molar-refractivity contribution in [3.05, 3.63) is 29.3 Å². The number of thioether (sulfide) groups is 1. The van der Waals surface area contributed by atoms with Crippen LogP contribution < -0.4 is 4.90 Å². The molecule has 0 atom stereocenters. The highest BCUT2D eigenvalue weighted by atomic mass is 32.2. The van der Waals surface area contributed by atoms with Gasteiger partial charge in [-0.25, -0.2) is 0 Å². The summed E-state index contributed by atoms with van der Waals surface area (Å²) in [5, 5.41) is 0. The van der Waals surface area contributed by atoms with E-state index in [2.05, 4.69) is 0 Å². The Morgan fingerprint density at radius 3 is 2.94 bits per heavy atom. The van der Waals surface area contributed by atoms with Crippen LogP contribution in [0.2, 0.25) is 0 Å². The maximum atomic E-state index is 11.7. The lowest BCUT2D eigenvalue weighted by molar-refractivity contribution is -0.117. The van der Waals surface area contributed by atoms with E-state index < -0.39 is 0 Å². The summed E-state index contributed by atoms with van der Waals surface area (Å²) in [5.74, 6) is 0.699. The first kappa shape index (κ1) is 11.2. The monoisotopic (exact) mass is 235 g/mol. The molecule has 3 nitrogen and oxygen atoms in total. The fourth-order valence-electron chi connectivity index (χ4n) is 1.86. The number of fused-ring (bicyclic) bond motifs is 1. The maximum Gasteiger partial charge on any atom is 0.231 e. The van der Waals surface area contributed by atoms with Gasteiger partial charge in [0.15, 0.2) is 5.78 Å². The Morgan fingerprint density at radius 2 is 2.25 bits per heavy atom. The number of carbonyl (C=O) groups is 2. The average molecular weight is 235 g/mol. The summed E-state index contributed by atoms with van der Waals surface area (Å²) >= 11 is 1.51. The van der Waals surface area contributed by atoms with Crippen molar-refractivity contribution < 1.29 is 9.59 Å². The number of hydrogen-bond acceptors (Lipinski definition) is 3. The molecule has 0 N–H and O–H groups in total. The summed E-state index contributed by atoms with van der Waals surface area (Å²) in [4.78, 5) is 24.8. The van der Waals surface area contributed by atoms with E-state index in [4.69, 9.17) is 0 Å². The first-order chi connectivity index (χ1) is 7.63. The molecule has 4 heteroatoms. The second-order valence-corrected chi connectivity index (χ2v) is 4.70. The molecule has 84 valence electrons. The lowest BCUT2D eigenvalue weighted by Crippen LogP contribution is -2.20. The lowest BCUT2D eigenvalue weighted by Gasteiger charge is -2.10. The van der Waals surface area contributed by atoms with Crippen molar-refractivity contribution in [1.29, 1.82) is 0 Å².